The van der Waals surface area contributed by atoms with Gasteiger partial charge in [-0.3, -0.25) is 0 Å². The van der Waals surface area contributed by atoms with Crippen LogP contribution in [0.2, 0.25) is 0 Å². The number of nitrogens with zero attached hydrogens (tertiary/aromatic N) is 4. The summed E-state index contributed by atoms with van der Waals surface area (Å²) < 4.78 is 6.18. The van der Waals surface area contributed by atoms with E-state index in [-0.39, 0.29) is 0 Å². The Labute approximate surface area is 170 Å². The molecular weight excluding hydrogens is 362 g/mol. The molecule has 6 nitrogen and oxygen atoms in total. The number of aromatic nitrogens is 2. The highest BCUT2D eigenvalue weighted by atomic mass is 16.5. The first-order valence-electron chi connectivity index (χ1n) is 9.86. The number of hydrogen-bond donors (Lipinski definition) is 1. The quantitative estimate of drug-likeness (QED) is 0.692. The van der Waals surface area contributed by atoms with Gasteiger partial charge in [0.1, 0.15) is 5.75 Å². The number of benzene rings is 2. The Hall–Kier alpha value is -3.43. The first kappa shape index (κ1) is 18.9. The van der Waals surface area contributed by atoms with E-state index in [1.54, 1.807) is 18.3 Å². The van der Waals surface area contributed by atoms with Gasteiger partial charge in [-0.1, -0.05) is 24.3 Å². The zero-order valence-corrected chi connectivity index (χ0v) is 16.2. The third-order valence-corrected chi connectivity index (χ3v) is 5.08. The second-order valence-corrected chi connectivity index (χ2v) is 7.10. The normalized spacial score (nSPS) is 13.3. The zero-order valence-electron chi connectivity index (χ0n) is 16.2. The predicted octanol–water partition coefficient (Wildman–Crippen LogP) is 3.91. The van der Waals surface area contributed by atoms with Crippen LogP contribution in [-0.4, -0.2) is 29.8 Å². The number of nitriles is 1. The van der Waals surface area contributed by atoms with Crippen LogP contribution in [0.5, 0.6) is 11.5 Å². The van der Waals surface area contributed by atoms with E-state index in [1.165, 1.54) is 18.4 Å². The molecule has 4 rings (SSSR count). The molecule has 2 aromatic carbocycles. The third-order valence-electron chi connectivity index (χ3n) is 5.08. The molecule has 0 amide bonds. The van der Waals surface area contributed by atoms with Crippen molar-refractivity contribution in [3.63, 3.8) is 0 Å². The predicted molar refractivity (Wildman–Crippen MR) is 113 cm³/mol. The van der Waals surface area contributed by atoms with Crippen LogP contribution in [-0.2, 0) is 6.42 Å². The van der Waals surface area contributed by atoms with Gasteiger partial charge in [0.25, 0.3) is 0 Å². The SMILES string of the molecule is N#Cc1ccc(-c2ccc(CCN)cc2)c(Oc2cnnc(N3CCCC3)c2)c1. The summed E-state index contributed by atoms with van der Waals surface area (Å²) in [6, 6.07) is 17.8. The van der Waals surface area contributed by atoms with E-state index in [1.807, 2.05) is 12.1 Å². The van der Waals surface area contributed by atoms with E-state index in [9.17, 15) is 5.26 Å². The van der Waals surface area contributed by atoms with Crippen LogP contribution < -0.4 is 15.4 Å². The molecule has 0 aliphatic carbocycles. The Bertz CT molecular complexity index is 1020. The summed E-state index contributed by atoms with van der Waals surface area (Å²) >= 11 is 0. The van der Waals surface area contributed by atoms with Crippen LogP contribution in [0.25, 0.3) is 11.1 Å². The highest BCUT2D eigenvalue weighted by molar-refractivity contribution is 5.72. The Balaban J connectivity index is 1.66. The molecule has 6 heteroatoms. The summed E-state index contributed by atoms with van der Waals surface area (Å²) in [7, 11) is 0. The number of nitrogens with two attached hydrogens (primary N) is 1. The Morgan fingerprint density at radius 2 is 1.86 bits per heavy atom. The minimum atomic E-state index is 0.547. The summed E-state index contributed by atoms with van der Waals surface area (Å²) in [6.45, 7) is 2.60. The van der Waals surface area contributed by atoms with E-state index in [0.29, 0.717) is 23.6 Å². The lowest BCUT2D eigenvalue weighted by Crippen LogP contribution is -2.19. The van der Waals surface area contributed by atoms with Crippen molar-refractivity contribution in [1.29, 1.82) is 5.26 Å². The van der Waals surface area contributed by atoms with E-state index in [2.05, 4.69) is 45.4 Å². The van der Waals surface area contributed by atoms with Crippen molar-refractivity contribution < 1.29 is 4.74 Å². The number of hydrogen-bond acceptors (Lipinski definition) is 6. The maximum Gasteiger partial charge on any atom is 0.154 e. The maximum absolute atomic E-state index is 9.33. The molecule has 0 spiro atoms. The van der Waals surface area contributed by atoms with Crippen molar-refractivity contribution in [2.24, 2.45) is 5.73 Å². The summed E-state index contributed by atoms with van der Waals surface area (Å²) in [5, 5.41) is 17.7. The molecule has 1 aliphatic rings. The standard InChI is InChI=1S/C23H23N5O/c24-10-9-17-3-6-19(7-4-17)21-8-5-18(15-25)13-22(21)29-20-14-23(27-26-16-20)28-11-1-2-12-28/h3-8,13-14,16H,1-2,9-12,24H2. The van der Waals surface area contributed by atoms with Crippen molar-refractivity contribution in [3.8, 4) is 28.7 Å². The molecule has 3 aromatic rings. The van der Waals surface area contributed by atoms with E-state index < -0.39 is 0 Å². The number of ether oxygens (including phenoxy) is 1. The van der Waals surface area contributed by atoms with Gasteiger partial charge in [-0.25, -0.2) is 0 Å². The lowest BCUT2D eigenvalue weighted by Gasteiger charge is -2.17. The molecule has 29 heavy (non-hydrogen) atoms. The van der Waals surface area contributed by atoms with E-state index in [4.69, 9.17) is 10.5 Å². The van der Waals surface area contributed by atoms with E-state index in [0.717, 1.165) is 36.5 Å². The number of rotatable bonds is 6. The van der Waals surface area contributed by atoms with Gasteiger partial charge < -0.3 is 15.4 Å². The second-order valence-electron chi connectivity index (χ2n) is 7.10. The third kappa shape index (κ3) is 4.36. The summed E-state index contributed by atoms with van der Waals surface area (Å²) in [6.07, 6.45) is 4.79. The molecule has 1 aromatic heterocycles. The molecule has 0 bridgehead atoms. The van der Waals surface area contributed by atoms with Crippen LogP contribution in [0.3, 0.4) is 0 Å². The fraction of sp³-hybridized carbons (Fsp3) is 0.261. The van der Waals surface area contributed by atoms with Crippen molar-refractivity contribution in [2.45, 2.75) is 19.3 Å². The molecular formula is C23H23N5O. The van der Waals surface area contributed by atoms with Crippen molar-refractivity contribution in [2.75, 3.05) is 24.5 Å². The summed E-state index contributed by atoms with van der Waals surface area (Å²) in [4.78, 5) is 2.21. The van der Waals surface area contributed by atoms with Gasteiger partial charge in [-0.05, 0) is 55.1 Å². The first-order valence-corrected chi connectivity index (χ1v) is 9.86. The largest absolute Gasteiger partial charge is 0.455 e. The van der Waals surface area contributed by atoms with Crippen molar-refractivity contribution >= 4 is 5.82 Å². The van der Waals surface area contributed by atoms with E-state index >= 15 is 0 Å². The van der Waals surface area contributed by atoms with Crippen LogP contribution in [0.15, 0.2) is 54.7 Å². The lowest BCUT2D eigenvalue weighted by atomic mass is 10.0. The average molecular weight is 385 g/mol. The van der Waals surface area contributed by atoms with Gasteiger partial charge in [-0.15, -0.1) is 5.10 Å². The van der Waals surface area contributed by atoms with Gasteiger partial charge in [0.05, 0.1) is 17.8 Å². The Kier molecular flexibility index (Phi) is 5.68. The second kappa shape index (κ2) is 8.72. The highest BCUT2D eigenvalue weighted by Crippen LogP contribution is 2.35. The van der Waals surface area contributed by atoms with Crippen molar-refractivity contribution in [1.82, 2.24) is 10.2 Å². The van der Waals surface area contributed by atoms with Gasteiger partial charge in [0, 0.05) is 24.7 Å². The van der Waals surface area contributed by atoms with Gasteiger partial charge in [0.15, 0.2) is 11.6 Å². The molecule has 146 valence electrons. The first-order chi connectivity index (χ1) is 14.3. The monoisotopic (exact) mass is 385 g/mol. The molecule has 0 saturated carbocycles. The molecule has 0 unspecified atom stereocenters. The molecule has 1 saturated heterocycles. The smallest absolute Gasteiger partial charge is 0.154 e. The van der Waals surface area contributed by atoms with Crippen LogP contribution in [0.4, 0.5) is 5.82 Å². The summed E-state index contributed by atoms with van der Waals surface area (Å²) in [5.74, 6) is 2.05. The average Bonchev–Trinajstić information content (AvgIpc) is 3.30. The Morgan fingerprint density at radius 1 is 1.07 bits per heavy atom. The van der Waals surface area contributed by atoms with Gasteiger partial charge in [0.2, 0.25) is 0 Å². The molecule has 0 atom stereocenters. The minimum Gasteiger partial charge on any atom is -0.455 e. The molecule has 1 fully saturated rings. The fourth-order valence-corrected chi connectivity index (χ4v) is 3.55. The van der Waals surface area contributed by atoms with Crippen molar-refractivity contribution in [3.05, 3.63) is 65.9 Å². The van der Waals surface area contributed by atoms with Crippen LogP contribution in [0, 0.1) is 11.3 Å². The summed E-state index contributed by atoms with van der Waals surface area (Å²) in [5.41, 5.74) is 9.33. The molecule has 2 N–H and O–H groups in total. The minimum absolute atomic E-state index is 0.547. The topological polar surface area (TPSA) is 88.1 Å². The van der Waals surface area contributed by atoms with Crippen LogP contribution >= 0.6 is 0 Å². The molecule has 0 radical (unpaired) electrons. The van der Waals surface area contributed by atoms with Gasteiger partial charge >= 0.3 is 0 Å². The lowest BCUT2D eigenvalue weighted by molar-refractivity contribution is 0.480. The molecule has 2 heterocycles. The maximum atomic E-state index is 9.33. The fourth-order valence-electron chi connectivity index (χ4n) is 3.55. The number of anilines is 1. The zero-order chi connectivity index (χ0) is 20.1. The van der Waals surface area contributed by atoms with Gasteiger partial charge in [-0.2, -0.15) is 10.4 Å². The Morgan fingerprint density at radius 3 is 2.59 bits per heavy atom. The molecule has 1 aliphatic heterocycles. The van der Waals surface area contributed by atoms with Crippen LogP contribution in [0.1, 0.15) is 24.0 Å². The highest BCUT2D eigenvalue weighted by Gasteiger charge is 2.16.